The first-order valence-corrected chi connectivity index (χ1v) is 9.11. The Morgan fingerprint density at radius 2 is 2.08 bits per heavy atom. The molecule has 2 N–H and O–H groups in total. The number of nitrogens with zero attached hydrogens (tertiary/aromatic N) is 4. The maximum Gasteiger partial charge on any atom is 0.259 e. The van der Waals surface area contributed by atoms with E-state index in [0.29, 0.717) is 22.3 Å². The Balaban J connectivity index is 1.59. The van der Waals surface area contributed by atoms with Crippen LogP contribution in [0.4, 0.5) is 11.8 Å². The maximum absolute atomic E-state index is 12.3. The van der Waals surface area contributed by atoms with Crippen molar-refractivity contribution in [1.82, 2.24) is 19.6 Å². The summed E-state index contributed by atoms with van der Waals surface area (Å²) < 4.78 is 1.68. The Morgan fingerprint density at radius 3 is 2.85 bits per heavy atom. The summed E-state index contributed by atoms with van der Waals surface area (Å²) in [5.41, 5.74) is 1.03. The van der Waals surface area contributed by atoms with Crippen LogP contribution in [0.25, 0.3) is 5.65 Å². The van der Waals surface area contributed by atoms with Gasteiger partial charge in [-0.3, -0.25) is 15.1 Å². The van der Waals surface area contributed by atoms with Crippen LogP contribution in [0, 0.1) is 0 Å². The molecule has 3 aromatic heterocycles. The summed E-state index contributed by atoms with van der Waals surface area (Å²) in [7, 11) is 0. The van der Waals surface area contributed by atoms with Crippen molar-refractivity contribution in [3.8, 4) is 0 Å². The number of nitrogens with one attached hydrogen (secondary N) is 2. The molecular weight excluding hydrogens is 352 g/mol. The van der Waals surface area contributed by atoms with Gasteiger partial charge < -0.3 is 5.32 Å². The van der Waals surface area contributed by atoms with Crippen LogP contribution in [-0.2, 0) is 0 Å². The first-order valence-electron chi connectivity index (χ1n) is 8.73. The number of aromatic nitrogens is 4. The normalized spacial score (nSPS) is 15.1. The molecule has 134 valence electrons. The van der Waals surface area contributed by atoms with Gasteiger partial charge in [0.15, 0.2) is 5.65 Å². The Bertz CT molecular complexity index is 920. The third kappa shape index (κ3) is 3.62. The number of hydrogen-bond acceptors (Lipinski definition) is 5. The van der Waals surface area contributed by atoms with E-state index in [2.05, 4.69) is 25.7 Å². The summed E-state index contributed by atoms with van der Waals surface area (Å²) in [6.07, 6.45) is 9.12. The van der Waals surface area contributed by atoms with Crippen molar-refractivity contribution >= 4 is 34.9 Å². The summed E-state index contributed by atoms with van der Waals surface area (Å²) in [4.78, 5) is 20.6. The number of fused-ring (bicyclic) bond motifs is 1. The zero-order valence-electron chi connectivity index (χ0n) is 14.2. The number of carbonyl (C=O) groups excluding carboxylic acids is 1. The van der Waals surface area contributed by atoms with Gasteiger partial charge in [0.1, 0.15) is 5.82 Å². The van der Waals surface area contributed by atoms with Crippen molar-refractivity contribution in [2.45, 2.75) is 38.1 Å². The molecule has 0 atom stereocenters. The van der Waals surface area contributed by atoms with E-state index < -0.39 is 0 Å². The molecule has 0 saturated heterocycles. The molecule has 0 bridgehead atoms. The van der Waals surface area contributed by atoms with Crippen LogP contribution in [0.15, 0.2) is 36.7 Å². The Labute approximate surface area is 155 Å². The van der Waals surface area contributed by atoms with Gasteiger partial charge in [-0.1, -0.05) is 30.9 Å². The van der Waals surface area contributed by atoms with E-state index >= 15 is 0 Å². The molecular formula is C18H19ClN6O. The lowest BCUT2D eigenvalue weighted by Crippen LogP contribution is -2.23. The largest absolute Gasteiger partial charge is 0.367 e. The fourth-order valence-corrected chi connectivity index (χ4v) is 3.44. The molecule has 1 aliphatic carbocycles. The van der Waals surface area contributed by atoms with Gasteiger partial charge in [-0.05, 0) is 31.0 Å². The summed E-state index contributed by atoms with van der Waals surface area (Å²) in [5, 5.41) is 11.2. The lowest BCUT2D eigenvalue weighted by Gasteiger charge is -2.23. The summed E-state index contributed by atoms with van der Waals surface area (Å²) in [6, 6.07) is 7.36. The number of amides is 1. The van der Waals surface area contributed by atoms with E-state index in [1.165, 1.54) is 25.5 Å². The topological polar surface area (TPSA) is 84.2 Å². The summed E-state index contributed by atoms with van der Waals surface area (Å²) in [6.45, 7) is 0. The van der Waals surface area contributed by atoms with Crippen LogP contribution in [0.1, 0.15) is 42.5 Å². The Hall–Kier alpha value is -2.67. The van der Waals surface area contributed by atoms with Gasteiger partial charge in [0, 0.05) is 29.5 Å². The fraction of sp³-hybridized carbons (Fsp3) is 0.333. The van der Waals surface area contributed by atoms with Gasteiger partial charge in [-0.15, -0.1) is 5.10 Å². The molecule has 0 aliphatic heterocycles. The second kappa shape index (κ2) is 7.29. The molecule has 26 heavy (non-hydrogen) atoms. The molecule has 0 unspecified atom stereocenters. The Kier molecular flexibility index (Phi) is 4.71. The average molecular weight is 371 g/mol. The minimum Gasteiger partial charge on any atom is -0.367 e. The first kappa shape index (κ1) is 16.8. The second-order valence-corrected chi connectivity index (χ2v) is 6.88. The molecule has 7 nitrogen and oxygen atoms in total. The monoisotopic (exact) mass is 370 g/mol. The van der Waals surface area contributed by atoms with Crippen molar-refractivity contribution in [2.75, 3.05) is 10.6 Å². The van der Waals surface area contributed by atoms with Crippen LogP contribution in [0.3, 0.4) is 0 Å². The summed E-state index contributed by atoms with van der Waals surface area (Å²) >= 11 is 6.24. The standard InChI is InChI=1S/C18H19ClN6O/c19-13-9-15(21-14-6-2-1-3-7-14)25-16(10-13)22-18(24-25)23-17(26)12-5-4-8-20-11-12/h4-5,8-11,14,21H,1-3,6-7H2,(H,23,24,26). The van der Waals surface area contributed by atoms with E-state index in [4.69, 9.17) is 11.6 Å². The zero-order valence-corrected chi connectivity index (χ0v) is 14.9. The molecule has 0 spiro atoms. The number of carbonyl (C=O) groups is 1. The SMILES string of the molecule is O=C(Nc1nc2cc(Cl)cc(NC3CCCCC3)n2n1)c1cccnc1. The molecule has 1 saturated carbocycles. The van der Waals surface area contributed by atoms with Gasteiger partial charge in [-0.25, -0.2) is 0 Å². The molecule has 1 amide bonds. The highest BCUT2D eigenvalue weighted by Gasteiger charge is 2.17. The number of anilines is 2. The minimum atomic E-state index is -0.304. The second-order valence-electron chi connectivity index (χ2n) is 6.44. The molecule has 0 aromatic carbocycles. The highest BCUT2D eigenvalue weighted by atomic mass is 35.5. The number of pyridine rings is 2. The van der Waals surface area contributed by atoms with Gasteiger partial charge >= 0.3 is 0 Å². The third-order valence-electron chi connectivity index (χ3n) is 4.51. The number of hydrogen-bond donors (Lipinski definition) is 2. The molecule has 3 heterocycles. The predicted molar refractivity (Wildman–Crippen MR) is 101 cm³/mol. The molecule has 1 fully saturated rings. The van der Waals surface area contributed by atoms with Gasteiger partial charge in [-0.2, -0.15) is 9.50 Å². The van der Waals surface area contributed by atoms with E-state index in [9.17, 15) is 4.79 Å². The quantitative estimate of drug-likeness (QED) is 0.730. The molecule has 3 aromatic rings. The number of rotatable bonds is 4. The molecule has 0 radical (unpaired) electrons. The molecule has 8 heteroatoms. The van der Waals surface area contributed by atoms with Crippen LogP contribution >= 0.6 is 11.6 Å². The predicted octanol–water partition coefficient (Wildman–Crippen LogP) is 3.77. The maximum atomic E-state index is 12.3. The summed E-state index contributed by atoms with van der Waals surface area (Å²) in [5.74, 6) is 0.712. The van der Waals surface area contributed by atoms with Gasteiger partial charge in [0.25, 0.3) is 5.91 Å². The van der Waals surface area contributed by atoms with Crippen LogP contribution in [-0.4, -0.2) is 31.5 Å². The zero-order chi connectivity index (χ0) is 17.9. The number of halogens is 1. The Morgan fingerprint density at radius 1 is 1.23 bits per heavy atom. The van der Waals surface area contributed by atoms with Crippen molar-refractivity contribution in [3.63, 3.8) is 0 Å². The highest BCUT2D eigenvalue weighted by molar-refractivity contribution is 6.31. The van der Waals surface area contributed by atoms with Gasteiger partial charge in [0.05, 0.1) is 5.56 Å². The first-order chi connectivity index (χ1) is 12.7. The third-order valence-corrected chi connectivity index (χ3v) is 4.73. The highest BCUT2D eigenvalue weighted by Crippen LogP contribution is 2.25. The lowest BCUT2D eigenvalue weighted by atomic mass is 9.95. The van der Waals surface area contributed by atoms with E-state index in [-0.39, 0.29) is 11.9 Å². The van der Waals surface area contributed by atoms with E-state index in [1.54, 1.807) is 28.9 Å². The van der Waals surface area contributed by atoms with E-state index in [1.807, 2.05) is 6.07 Å². The van der Waals surface area contributed by atoms with Crippen molar-refractivity contribution in [2.24, 2.45) is 0 Å². The minimum absolute atomic E-state index is 0.229. The van der Waals surface area contributed by atoms with Crippen LogP contribution in [0.5, 0.6) is 0 Å². The van der Waals surface area contributed by atoms with Crippen LogP contribution < -0.4 is 10.6 Å². The van der Waals surface area contributed by atoms with Crippen LogP contribution in [0.2, 0.25) is 5.02 Å². The van der Waals surface area contributed by atoms with Gasteiger partial charge in [0.2, 0.25) is 5.95 Å². The van der Waals surface area contributed by atoms with Crippen molar-refractivity contribution < 1.29 is 4.79 Å². The molecule has 4 rings (SSSR count). The fourth-order valence-electron chi connectivity index (χ4n) is 3.23. The average Bonchev–Trinajstić information content (AvgIpc) is 3.05. The lowest BCUT2D eigenvalue weighted by molar-refractivity contribution is 0.102. The van der Waals surface area contributed by atoms with E-state index in [0.717, 1.165) is 18.7 Å². The molecule has 1 aliphatic rings. The smallest absolute Gasteiger partial charge is 0.259 e. The van der Waals surface area contributed by atoms with Crippen molar-refractivity contribution in [1.29, 1.82) is 0 Å². The van der Waals surface area contributed by atoms with Crippen molar-refractivity contribution in [3.05, 3.63) is 47.2 Å².